The van der Waals surface area contributed by atoms with Gasteiger partial charge in [-0.1, -0.05) is 12.1 Å². The molecule has 1 atom stereocenters. The second-order valence-electron chi connectivity index (χ2n) is 6.30. The van der Waals surface area contributed by atoms with Gasteiger partial charge in [-0.05, 0) is 56.8 Å². The number of likely N-dealkylation sites (N-methyl/N-ethyl adjacent to an activating group) is 1. The number of thioether (sulfide) groups is 1. The molecular formula is C18H23N3OS2. The third-order valence-electron chi connectivity index (χ3n) is 4.34. The van der Waals surface area contributed by atoms with Crippen LogP contribution in [0.25, 0.3) is 0 Å². The molecule has 2 aromatic rings. The summed E-state index contributed by atoms with van der Waals surface area (Å²) in [7, 11) is 4.08. The third-order valence-corrected chi connectivity index (χ3v) is 6.07. The van der Waals surface area contributed by atoms with E-state index >= 15 is 0 Å². The molecule has 1 amide bonds. The van der Waals surface area contributed by atoms with Gasteiger partial charge in [0.15, 0.2) is 0 Å². The maximum atomic E-state index is 12.5. The molecule has 6 heteroatoms. The number of thiazole rings is 1. The molecule has 1 saturated carbocycles. The molecule has 0 bridgehead atoms. The van der Waals surface area contributed by atoms with Crippen molar-refractivity contribution in [1.82, 2.24) is 15.2 Å². The first-order chi connectivity index (χ1) is 11.6. The SMILES string of the molecule is CSc1ccc(C(CNC(=O)c2ncsc2C2CC2)N(C)C)cc1. The van der Waals surface area contributed by atoms with E-state index in [0.29, 0.717) is 18.2 Å². The fourth-order valence-electron chi connectivity index (χ4n) is 2.76. The number of hydrogen-bond donors (Lipinski definition) is 1. The molecule has 0 spiro atoms. The average molecular weight is 362 g/mol. The van der Waals surface area contributed by atoms with E-state index in [1.165, 1.54) is 23.3 Å². The van der Waals surface area contributed by atoms with Crippen molar-refractivity contribution in [3.63, 3.8) is 0 Å². The van der Waals surface area contributed by atoms with Crippen molar-refractivity contribution in [2.45, 2.75) is 29.7 Å². The molecule has 1 aromatic carbocycles. The van der Waals surface area contributed by atoms with Crippen LogP contribution in [0.3, 0.4) is 0 Å². The van der Waals surface area contributed by atoms with Crippen LogP contribution >= 0.6 is 23.1 Å². The zero-order chi connectivity index (χ0) is 17.1. The fraction of sp³-hybridized carbons (Fsp3) is 0.444. The smallest absolute Gasteiger partial charge is 0.271 e. The maximum absolute atomic E-state index is 12.5. The maximum Gasteiger partial charge on any atom is 0.271 e. The Kier molecular flexibility index (Phi) is 5.58. The summed E-state index contributed by atoms with van der Waals surface area (Å²) in [5.41, 5.74) is 3.61. The van der Waals surface area contributed by atoms with Gasteiger partial charge in [0.25, 0.3) is 5.91 Å². The second-order valence-corrected chi connectivity index (χ2v) is 8.07. The summed E-state index contributed by atoms with van der Waals surface area (Å²) in [6.45, 7) is 0.575. The summed E-state index contributed by atoms with van der Waals surface area (Å²) in [6.07, 6.45) is 4.44. The molecule has 0 radical (unpaired) electrons. The van der Waals surface area contributed by atoms with Gasteiger partial charge in [0.1, 0.15) is 5.69 Å². The minimum absolute atomic E-state index is 0.0502. The Labute approximate surface area is 151 Å². The highest BCUT2D eigenvalue weighted by atomic mass is 32.2. The summed E-state index contributed by atoms with van der Waals surface area (Å²) < 4.78 is 0. The second kappa shape index (κ2) is 7.68. The number of carbonyl (C=O) groups excluding carboxylic acids is 1. The largest absolute Gasteiger partial charge is 0.349 e. The van der Waals surface area contributed by atoms with Gasteiger partial charge in [-0.25, -0.2) is 4.98 Å². The van der Waals surface area contributed by atoms with Crippen molar-refractivity contribution in [2.24, 2.45) is 0 Å². The van der Waals surface area contributed by atoms with Crippen LogP contribution in [0.5, 0.6) is 0 Å². The van der Waals surface area contributed by atoms with Gasteiger partial charge < -0.3 is 10.2 Å². The van der Waals surface area contributed by atoms with E-state index in [2.05, 4.69) is 45.7 Å². The summed E-state index contributed by atoms with van der Waals surface area (Å²) in [5, 5.41) is 3.07. The molecule has 128 valence electrons. The first-order valence-electron chi connectivity index (χ1n) is 8.12. The normalized spacial score (nSPS) is 15.5. The predicted octanol–water partition coefficient (Wildman–Crippen LogP) is 3.78. The number of rotatable bonds is 7. The van der Waals surface area contributed by atoms with Gasteiger partial charge in [0.2, 0.25) is 0 Å². The Morgan fingerprint density at radius 3 is 2.67 bits per heavy atom. The van der Waals surface area contributed by atoms with Crippen molar-refractivity contribution >= 4 is 29.0 Å². The molecule has 0 saturated heterocycles. The van der Waals surface area contributed by atoms with Crippen LogP contribution in [0, 0.1) is 0 Å². The van der Waals surface area contributed by atoms with Crippen LogP contribution in [-0.2, 0) is 0 Å². The van der Waals surface area contributed by atoms with Crippen molar-refractivity contribution in [2.75, 3.05) is 26.9 Å². The summed E-state index contributed by atoms with van der Waals surface area (Å²) >= 11 is 3.34. The van der Waals surface area contributed by atoms with Gasteiger partial charge in [0, 0.05) is 16.3 Å². The number of aromatic nitrogens is 1. The highest BCUT2D eigenvalue weighted by molar-refractivity contribution is 7.98. The topological polar surface area (TPSA) is 45.2 Å². The monoisotopic (exact) mass is 361 g/mol. The number of nitrogens with one attached hydrogen (secondary N) is 1. The lowest BCUT2D eigenvalue weighted by atomic mass is 10.1. The van der Waals surface area contributed by atoms with E-state index in [0.717, 1.165) is 4.88 Å². The molecule has 1 N–H and O–H groups in total. The van der Waals surface area contributed by atoms with Crippen LogP contribution < -0.4 is 5.32 Å². The Hall–Kier alpha value is -1.37. The number of benzene rings is 1. The Bertz CT molecular complexity index is 693. The minimum Gasteiger partial charge on any atom is -0.349 e. The van der Waals surface area contributed by atoms with Crippen LogP contribution in [-0.4, -0.2) is 42.7 Å². The molecule has 1 unspecified atom stereocenters. The van der Waals surface area contributed by atoms with Gasteiger partial charge in [-0.3, -0.25) is 4.79 Å². The molecule has 1 aliphatic rings. The molecule has 1 aliphatic carbocycles. The summed E-state index contributed by atoms with van der Waals surface area (Å²) in [4.78, 5) is 21.3. The van der Waals surface area contributed by atoms with Crippen molar-refractivity contribution in [1.29, 1.82) is 0 Å². The number of nitrogens with zero attached hydrogens (tertiary/aromatic N) is 2. The summed E-state index contributed by atoms with van der Waals surface area (Å²) in [5.74, 6) is 0.507. The predicted molar refractivity (Wildman–Crippen MR) is 101 cm³/mol. The van der Waals surface area contributed by atoms with Gasteiger partial charge in [0.05, 0.1) is 11.6 Å². The van der Waals surface area contributed by atoms with Crippen LogP contribution in [0.2, 0.25) is 0 Å². The minimum atomic E-state index is -0.0502. The van der Waals surface area contributed by atoms with Crippen molar-refractivity contribution < 1.29 is 4.79 Å². The lowest BCUT2D eigenvalue weighted by molar-refractivity contribution is 0.0936. The summed E-state index contributed by atoms with van der Waals surface area (Å²) in [6, 6.07) is 8.68. The number of amides is 1. The molecule has 1 fully saturated rings. The third kappa shape index (κ3) is 3.99. The molecule has 0 aliphatic heterocycles. The lowest BCUT2D eigenvalue weighted by Crippen LogP contribution is -2.35. The number of carbonyl (C=O) groups is 1. The zero-order valence-corrected chi connectivity index (χ0v) is 15.9. The van der Waals surface area contributed by atoms with Crippen LogP contribution in [0.4, 0.5) is 0 Å². The molecule has 24 heavy (non-hydrogen) atoms. The lowest BCUT2D eigenvalue weighted by Gasteiger charge is -2.25. The van der Waals surface area contributed by atoms with E-state index in [9.17, 15) is 4.79 Å². The molecule has 1 heterocycles. The fourth-order valence-corrected chi connectivity index (χ4v) is 4.12. The van der Waals surface area contributed by atoms with Crippen LogP contribution in [0.1, 0.15) is 45.7 Å². The molecular weight excluding hydrogens is 338 g/mol. The van der Waals surface area contributed by atoms with Crippen molar-refractivity contribution in [3.05, 3.63) is 45.9 Å². The van der Waals surface area contributed by atoms with Gasteiger partial charge in [-0.2, -0.15) is 0 Å². The quantitative estimate of drug-likeness (QED) is 0.763. The van der Waals surface area contributed by atoms with E-state index in [1.807, 2.05) is 14.1 Å². The standard InChI is InChI=1S/C18H23N3OS2/c1-21(2)15(12-6-8-14(23-3)9-7-12)10-19-18(22)16-17(13-4-5-13)24-11-20-16/h6-9,11,13,15H,4-5,10H2,1-3H3,(H,19,22). The molecule has 3 rings (SSSR count). The van der Waals surface area contributed by atoms with Gasteiger partial charge >= 0.3 is 0 Å². The highest BCUT2D eigenvalue weighted by Gasteiger charge is 2.30. The van der Waals surface area contributed by atoms with Gasteiger partial charge in [-0.15, -0.1) is 23.1 Å². The zero-order valence-electron chi connectivity index (χ0n) is 14.3. The average Bonchev–Trinajstić information content (AvgIpc) is 3.31. The van der Waals surface area contributed by atoms with Crippen LogP contribution in [0.15, 0.2) is 34.7 Å². The van der Waals surface area contributed by atoms with E-state index in [4.69, 9.17) is 0 Å². The van der Waals surface area contributed by atoms with Crippen molar-refractivity contribution in [3.8, 4) is 0 Å². The Morgan fingerprint density at radius 1 is 1.38 bits per heavy atom. The highest BCUT2D eigenvalue weighted by Crippen LogP contribution is 2.43. The molecule has 4 nitrogen and oxygen atoms in total. The van der Waals surface area contributed by atoms with E-state index < -0.39 is 0 Å². The Morgan fingerprint density at radius 2 is 2.08 bits per heavy atom. The van der Waals surface area contributed by atoms with E-state index in [-0.39, 0.29) is 11.9 Å². The molecule has 1 aromatic heterocycles. The first-order valence-corrected chi connectivity index (χ1v) is 10.2. The number of hydrogen-bond acceptors (Lipinski definition) is 5. The Balaban J connectivity index is 1.67. The van der Waals surface area contributed by atoms with E-state index in [1.54, 1.807) is 28.6 Å². The first kappa shape index (κ1) is 17.5.